The van der Waals surface area contributed by atoms with Crippen LogP contribution in [0.3, 0.4) is 0 Å². The average molecular weight is 340 g/mol. The van der Waals surface area contributed by atoms with Crippen LogP contribution in [0.5, 0.6) is 0 Å². The van der Waals surface area contributed by atoms with Crippen molar-refractivity contribution in [1.29, 1.82) is 0 Å². The lowest BCUT2D eigenvalue weighted by Crippen LogP contribution is -2.42. The van der Waals surface area contributed by atoms with Crippen molar-refractivity contribution in [2.75, 3.05) is 13.1 Å². The second kappa shape index (κ2) is 5.56. The summed E-state index contributed by atoms with van der Waals surface area (Å²) < 4.78 is 0. The van der Waals surface area contributed by atoms with E-state index in [1.54, 1.807) is 35.6 Å². The third-order valence-corrected chi connectivity index (χ3v) is 5.82. The molecule has 1 saturated carbocycles. The van der Waals surface area contributed by atoms with Crippen molar-refractivity contribution in [2.24, 2.45) is 0 Å². The van der Waals surface area contributed by atoms with E-state index in [9.17, 15) is 14.4 Å². The van der Waals surface area contributed by atoms with Gasteiger partial charge in [0.2, 0.25) is 5.91 Å². The summed E-state index contributed by atoms with van der Waals surface area (Å²) in [6.45, 7) is 0.322. The molecule has 2 aliphatic rings. The molecule has 3 amide bonds. The third-order valence-electron chi connectivity index (χ3n) is 4.70. The fourth-order valence-corrected chi connectivity index (χ4v) is 4.08. The van der Waals surface area contributed by atoms with Crippen LogP contribution in [0.4, 0.5) is 0 Å². The van der Waals surface area contributed by atoms with Gasteiger partial charge in [0.15, 0.2) is 0 Å². The number of benzene rings is 1. The Morgan fingerprint density at radius 2 is 1.75 bits per heavy atom. The molecule has 0 bridgehead atoms. The number of carbonyl (C=O) groups excluding carboxylic acids is 3. The number of nitrogens with zero attached hydrogens (tertiary/aromatic N) is 1. The van der Waals surface area contributed by atoms with Gasteiger partial charge in [-0.15, -0.1) is 11.3 Å². The monoisotopic (exact) mass is 340 g/mol. The third kappa shape index (κ3) is 2.43. The number of nitrogens with one attached hydrogen (secondary N) is 1. The Morgan fingerprint density at radius 3 is 2.29 bits per heavy atom. The molecular formula is C18H16N2O3S. The minimum Gasteiger partial charge on any atom is -0.354 e. The first kappa shape index (κ1) is 15.1. The number of rotatable bonds is 5. The van der Waals surface area contributed by atoms with Gasteiger partial charge in [-0.25, -0.2) is 0 Å². The molecule has 1 aliphatic carbocycles. The summed E-state index contributed by atoms with van der Waals surface area (Å²) in [7, 11) is 0. The zero-order valence-electron chi connectivity index (χ0n) is 13.0. The maximum absolute atomic E-state index is 12.3. The predicted octanol–water partition coefficient (Wildman–Crippen LogP) is 2.19. The Labute approximate surface area is 143 Å². The number of thiophene rings is 1. The first-order valence-electron chi connectivity index (χ1n) is 7.87. The van der Waals surface area contributed by atoms with Gasteiger partial charge in [0, 0.05) is 16.8 Å². The highest BCUT2D eigenvalue weighted by Gasteiger charge is 2.45. The number of amides is 3. The van der Waals surface area contributed by atoms with E-state index in [1.165, 1.54) is 4.88 Å². The number of hydrogen-bond donors (Lipinski definition) is 1. The highest BCUT2D eigenvalue weighted by molar-refractivity contribution is 7.10. The summed E-state index contributed by atoms with van der Waals surface area (Å²) in [6.07, 6.45) is 2.11. The SMILES string of the molecule is O=C(CN1C(=O)c2ccccc2C1=O)NCC1(c2cccs2)CC1. The fourth-order valence-electron chi connectivity index (χ4n) is 3.09. The largest absolute Gasteiger partial charge is 0.354 e. The molecule has 1 aromatic heterocycles. The zero-order chi connectivity index (χ0) is 16.7. The van der Waals surface area contributed by atoms with Crippen LogP contribution in [0, 0.1) is 0 Å². The fraction of sp³-hybridized carbons (Fsp3) is 0.278. The van der Waals surface area contributed by atoms with Crippen LogP contribution in [-0.4, -0.2) is 35.7 Å². The number of imide groups is 1. The molecule has 0 atom stereocenters. The van der Waals surface area contributed by atoms with E-state index in [-0.39, 0.29) is 17.9 Å². The van der Waals surface area contributed by atoms with Gasteiger partial charge in [-0.1, -0.05) is 18.2 Å². The van der Waals surface area contributed by atoms with Crippen LogP contribution >= 0.6 is 11.3 Å². The number of hydrogen-bond acceptors (Lipinski definition) is 4. The van der Waals surface area contributed by atoms with Crippen molar-refractivity contribution in [3.8, 4) is 0 Å². The quantitative estimate of drug-likeness (QED) is 0.849. The molecule has 2 heterocycles. The maximum Gasteiger partial charge on any atom is 0.262 e. The molecule has 122 valence electrons. The Hall–Kier alpha value is -2.47. The minimum absolute atomic E-state index is 0.0474. The van der Waals surface area contributed by atoms with Gasteiger partial charge in [-0.05, 0) is 36.4 Å². The summed E-state index contributed by atoms with van der Waals surface area (Å²) >= 11 is 1.70. The van der Waals surface area contributed by atoms with E-state index in [1.807, 2.05) is 11.4 Å². The molecule has 1 aromatic carbocycles. The van der Waals surface area contributed by atoms with E-state index in [4.69, 9.17) is 0 Å². The number of carbonyl (C=O) groups is 3. The molecule has 24 heavy (non-hydrogen) atoms. The topological polar surface area (TPSA) is 66.5 Å². The second-order valence-corrected chi connectivity index (χ2v) is 7.22. The Morgan fingerprint density at radius 1 is 1.08 bits per heavy atom. The van der Waals surface area contributed by atoms with Crippen molar-refractivity contribution >= 4 is 29.1 Å². The van der Waals surface area contributed by atoms with Gasteiger partial charge in [-0.3, -0.25) is 19.3 Å². The first-order valence-corrected chi connectivity index (χ1v) is 8.75. The smallest absolute Gasteiger partial charge is 0.262 e. The normalized spacial score (nSPS) is 17.8. The maximum atomic E-state index is 12.3. The lowest BCUT2D eigenvalue weighted by atomic mass is 10.1. The van der Waals surface area contributed by atoms with Gasteiger partial charge in [0.05, 0.1) is 11.1 Å². The highest BCUT2D eigenvalue weighted by Crippen LogP contribution is 2.49. The molecular weight excluding hydrogens is 324 g/mol. The molecule has 5 nitrogen and oxygen atoms in total. The Bertz CT molecular complexity index is 790. The standard InChI is InChI=1S/C18H16N2O3S/c21-15(19-11-18(7-8-18)14-6-3-9-24-14)10-20-16(22)12-4-1-2-5-13(12)17(20)23/h1-6,9H,7-8,10-11H2,(H,19,21). The summed E-state index contributed by atoms with van der Waals surface area (Å²) in [5, 5.41) is 4.93. The van der Waals surface area contributed by atoms with Gasteiger partial charge in [0.25, 0.3) is 11.8 Å². The van der Waals surface area contributed by atoms with Crippen LogP contribution in [0.25, 0.3) is 0 Å². The molecule has 1 fully saturated rings. The number of fused-ring (bicyclic) bond motifs is 1. The van der Waals surface area contributed by atoms with E-state index in [0.717, 1.165) is 17.7 Å². The summed E-state index contributed by atoms with van der Waals surface area (Å²) in [6, 6.07) is 10.8. The lowest BCUT2D eigenvalue weighted by Gasteiger charge is -2.17. The van der Waals surface area contributed by atoms with Gasteiger partial charge in [-0.2, -0.15) is 0 Å². The van der Waals surface area contributed by atoms with E-state index >= 15 is 0 Å². The van der Waals surface area contributed by atoms with E-state index in [2.05, 4.69) is 11.4 Å². The summed E-state index contributed by atoms with van der Waals surface area (Å²) in [4.78, 5) is 39.1. The second-order valence-electron chi connectivity index (χ2n) is 6.28. The van der Waals surface area contributed by atoms with Crippen LogP contribution in [0.15, 0.2) is 41.8 Å². The predicted molar refractivity (Wildman–Crippen MR) is 90.0 cm³/mol. The molecule has 0 saturated heterocycles. The Balaban J connectivity index is 1.39. The average Bonchev–Trinajstić information content (AvgIpc) is 3.10. The summed E-state index contributed by atoms with van der Waals surface area (Å²) in [5.41, 5.74) is 0.784. The molecule has 1 N–H and O–H groups in total. The first-order chi connectivity index (χ1) is 11.6. The molecule has 0 unspecified atom stereocenters. The van der Waals surface area contributed by atoms with E-state index in [0.29, 0.717) is 17.7 Å². The molecule has 2 aromatic rings. The lowest BCUT2D eigenvalue weighted by molar-refractivity contribution is -0.121. The minimum atomic E-state index is -0.398. The van der Waals surface area contributed by atoms with Crippen molar-refractivity contribution in [3.05, 3.63) is 57.8 Å². The van der Waals surface area contributed by atoms with Crippen molar-refractivity contribution in [3.63, 3.8) is 0 Å². The molecule has 0 spiro atoms. The van der Waals surface area contributed by atoms with Crippen molar-refractivity contribution < 1.29 is 14.4 Å². The summed E-state index contributed by atoms with van der Waals surface area (Å²) in [5.74, 6) is -1.09. The van der Waals surface area contributed by atoms with Crippen LogP contribution < -0.4 is 5.32 Å². The van der Waals surface area contributed by atoms with Crippen LogP contribution in [-0.2, 0) is 10.2 Å². The van der Waals surface area contributed by atoms with Crippen LogP contribution in [0.1, 0.15) is 38.4 Å². The van der Waals surface area contributed by atoms with Crippen LogP contribution in [0.2, 0.25) is 0 Å². The van der Waals surface area contributed by atoms with Gasteiger partial charge < -0.3 is 5.32 Å². The highest BCUT2D eigenvalue weighted by atomic mass is 32.1. The molecule has 0 radical (unpaired) electrons. The Kier molecular flexibility index (Phi) is 3.49. The van der Waals surface area contributed by atoms with Crippen molar-refractivity contribution in [1.82, 2.24) is 10.2 Å². The van der Waals surface area contributed by atoms with E-state index < -0.39 is 11.8 Å². The molecule has 1 aliphatic heterocycles. The van der Waals surface area contributed by atoms with Gasteiger partial charge >= 0.3 is 0 Å². The zero-order valence-corrected chi connectivity index (χ0v) is 13.8. The molecule has 4 rings (SSSR count). The van der Waals surface area contributed by atoms with Gasteiger partial charge in [0.1, 0.15) is 6.54 Å². The molecule has 6 heteroatoms. The van der Waals surface area contributed by atoms with Crippen molar-refractivity contribution in [2.45, 2.75) is 18.3 Å².